The van der Waals surface area contributed by atoms with Gasteiger partial charge in [-0.3, -0.25) is 9.69 Å². The van der Waals surface area contributed by atoms with Crippen LogP contribution in [0.15, 0.2) is 18.2 Å². The lowest BCUT2D eigenvalue weighted by Gasteiger charge is -2.26. The topological polar surface area (TPSA) is 58.4 Å². The van der Waals surface area contributed by atoms with Crippen molar-refractivity contribution in [3.8, 4) is 0 Å². The standard InChI is InChI=1S/C12H16FN3O/c13-11-4-9(6-14)3-10(5-11)7-16-2-1-15-12(17)8-16/h3-5H,1-2,6-8,14H2,(H,15,17). The van der Waals surface area contributed by atoms with Crippen LogP contribution in [0.1, 0.15) is 11.1 Å². The van der Waals surface area contributed by atoms with Crippen molar-refractivity contribution in [3.63, 3.8) is 0 Å². The summed E-state index contributed by atoms with van der Waals surface area (Å²) in [6, 6.07) is 4.81. The Morgan fingerprint density at radius 2 is 2.12 bits per heavy atom. The first-order valence-corrected chi connectivity index (χ1v) is 5.65. The third kappa shape index (κ3) is 3.25. The molecule has 3 N–H and O–H groups in total. The Hall–Kier alpha value is -1.46. The predicted octanol–water partition coefficient (Wildman–Crippen LogP) is 0.216. The molecule has 1 saturated heterocycles. The molecule has 1 aromatic rings. The van der Waals surface area contributed by atoms with E-state index in [-0.39, 0.29) is 11.7 Å². The molecule has 1 heterocycles. The quantitative estimate of drug-likeness (QED) is 0.790. The second-order valence-corrected chi connectivity index (χ2v) is 4.23. The first-order valence-electron chi connectivity index (χ1n) is 5.65. The fraction of sp³-hybridized carbons (Fsp3) is 0.417. The molecule has 17 heavy (non-hydrogen) atoms. The highest BCUT2D eigenvalue weighted by Gasteiger charge is 2.16. The Labute approximate surface area is 99.6 Å². The SMILES string of the molecule is NCc1cc(F)cc(CN2CCNC(=O)C2)c1. The highest BCUT2D eigenvalue weighted by Crippen LogP contribution is 2.12. The summed E-state index contributed by atoms with van der Waals surface area (Å²) in [6.07, 6.45) is 0. The van der Waals surface area contributed by atoms with Crippen LogP contribution in [0.3, 0.4) is 0 Å². The minimum absolute atomic E-state index is 0.0201. The first-order chi connectivity index (χ1) is 8.17. The highest BCUT2D eigenvalue weighted by atomic mass is 19.1. The van der Waals surface area contributed by atoms with E-state index >= 15 is 0 Å². The zero-order valence-electron chi connectivity index (χ0n) is 9.58. The van der Waals surface area contributed by atoms with E-state index in [1.807, 2.05) is 11.0 Å². The molecule has 1 aromatic carbocycles. The summed E-state index contributed by atoms with van der Waals surface area (Å²) >= 11 is 0. The molecule has 92 valence electrons. The maximum absolute atomic E-state index is 13.3. The van der Waals surface area contributed by atoms with Gasteiger partial charge in [0.15, 0.2) is 0 Å². The lowest BCUT2D eigenvalue weighted by Crippen LogP contribution is -2.47. The number of piperazine rings is 1. The minimum atomic E-state index is -0.274. The van der Waals surface area contributed by atoms with Crippen LogP contribution in [-0.4, -0.2) is 30.4 Å². The molecule has 0 radical (unpaired) electrons. The highest BCUT2D eigenvalue weighted by molar-refractivity contribution is 5.78. The number of hydrogen-bond donors (Lipinski definition) is 2. The maximum atomic E-state index is 13.3. The molecule has 2 rings (SSSR count). The van der Waals surface area contributed by atoms with Crippen LogP contribution in [0.4, 0.5) is 4.39 Å². The van der Waals surface area contributed by atoms with Crippen molar-refractivity contribution in [3.05, 3.63) is 35.1 Å². The van der Waals surface area contributed by atoms with Gasteiger partial charge in [-0.15, -0.1) is 0 Å². The molecule has 0 atom stereocenters. The number of nitrogens with one attached hydrogen (secondary N) is 1. The van der Waals surface area contributed by atoms with Crippen LogP contribution in [0.2, 0.25) is 0 Å². The molecule has 1 aliphatic rings. The number of amides is 1. The second-order valence-electron chi connectivity index (χ2n) is 4.23. The van der Waals surface area contributed by atoms with Crippen molar-refractivity contribution in [2.24, 2.45) is 5.73 Å². The van der Waals surface area contributed by atoms with Gasteiger partial charge >= 0.3 is 0 Å². The zero-order valence-corrected chi connectivity index (χ0v) is 9.58. The molecule has 0 bridgehead atoms. The van der Waals surface area contributed by atoms with E-state index in [2.05, 4.69) is 5.32 Å². The zero-order chi connectivity index (χ0) is 12.3. The summed E-state index contributed by atoms with van der Waals surface area (Å²) in [7, 11) is 0. The number of nitrogens with zero attached hydrogens (tertiary/aromatic N) is 1. The Morgan fingerprint density at radius 1 is 1.35 bits per heavy atom. The van der Waals surface area contributed by atoms with Crippen LogP contribution in [0.5, 0.6) is 0 Å². The van der Waals surface area contributed by atoms with E-state index in [0.717, 1.165) is 17.7 Å². The normalized spacial score (nSPS) is 16.9. The number of benzene rings is 1. The van der Waals surface area contributed by atoms with Gasteiger partial charge in [0, 0.05) is 26.2 Å². The van der Waals surface area contributed by atoms with E-state index in [4.69, 9.17) is 5.73 Å². The van der Waals surface area contributed by atoms with Crippen molar-refractivity contribution < 1.29 is 9.18 Å². The van der Waals surface area contributed by atoms with Crippen LogP contribution in [-0.2, 0) is 17.9 Å². The fourth-order valence-electron chi connectivity index (χ4n) is 2.01. The van der Waals surface area contributed by atoms with E-state index in [1.54, 1.807) is 0 Å². The van der Waals surface area contributed by atoms with Crippen molar-refractivity contribution >= 4 is 5.91 Å². The lowest BCUT2D eigenvalue weighted by atomic mass is 10.1. The average molecular weight is 237 g/mol. The van der Waals surface area contributed by atoms with E-state index in [0.29, 0.717) is 26.2 Å². The molecule has 1 amide bonds. The summed E-state index contributed by atoms with van der Waals surface area (Å²) in [5, 5.41) is 2.76. The Morgan fingerprint density at radius 3 is 2.82 bits per heavy atom. The van der Waals surface area contributed by atoms with E-state index < -0.39 is 0 Å². The van der Waals surface area contributed by atoms with E-state index in [1.165, 1.54) is 12.1 Å². The molecule has 1 fully saturated rings. The third-order valence-corrected chi connectivity index (χ3v) is 2.78. The second kappa shape index (κ2) is 5.25. The minimum Gasteiger partial charge on any atom is -0.354 e. The molecule has 1 aliphatic heterocycles. The number of halogens is 1. The Kier molecular flexibility index (Phi) is 3.71. The Bertz CT molecular complexity index is 422. The van der Waals surface area contributed by atoms with Crippen LogP contribution in [0.25, 0.3) is 0 Å². The van der Waals surface area contributed by atoms with Gasteiger partial charge in [0.1, 0.15) is 5.82 Å². The van der Waals surface area contributed by atoms with Crippen LogP contribution < -0.4 is 11.1 Å². The van der Waals surface area contributed by atoms with Crippen LogP contribution in [0, 0.1) is 5.82 Å². The van der Waals surface area contributed by atoms with Gasteiger partial charge in [-0.1, -0.05) is 6.07 Å². The molecule has 0 unspecified atom stereocenters. The smallest absolute Gasteiger partial charge is 0.234 e. The van der Waals surface area contributed by atoms with Crippen molar-refractivity contribution in [1.29, 1.82) is 0 Å². The van der Waals surface area contributed by atoms with E-state index in [9.17, 15) is 9.18 Å². The molecule has 0 aliphatic carbocycles. The molecule has 4 nitrogen and oxygen atoms in total. The molecule has 5 heteroatoms. The van der Waals surface area contributed by atoms with Gasteiger partial charge in [-0.25, -0.2) is 4.39 Å². The molecule has 0 spiro atoms. The number of carbonyl (C=O) groups is 1. The van der Waals surface area contributed by atoms with Crippen LogP contribution >= 0.6 is 0 Å². The van der Waals surface area contributed by atoms with Gasteiger partial charge in [-0.05, 0) is 23.3 Å². The van der Waals surface area contributed by atoms with Gasteiger partial charge in [0.05, 0.1) is 6.54 Å². The average Bonchev–Trinajstić information content (AvgIpc) is 2.28. The summed E-state index contributed by atoms with van der Waals surface area (Å²) in [5.74, 6) is -0.254. The van der Waals surface area contributed by atoms with Crippen molar-refractivity contribution in [1.82, 2.24) is 10.2 Å². The summed E-state index contributed by atoms with van der Waals surface area (Å²) in [6.45, 7) is 2.72. The number of nitrogens with two attached hydrogens (primary N) is 1. The van der Waals surface area contributed by atoms with Gasteiger partial charge in [-0.2, -0.15) is 0 Å². The number of rotatable bonds is 3. The summed E-state index contributed by atoms with van der Waals surface area (Å²) in [4.78, 5) is 13.2. The predicted molar refractivity (Wildman–Crippen MR) is 62.6 cm³/mol. The van der Waals surface area contributed by atoms with Crippen molar-refractivity contribution in [2.45, 2.75) is 13.1 Å². The first kappa shape index (κ1) is 12.0. The summed E-state index contributed by atoms with van der Waals surface area (Å²) in [5.41, 5.74) is 7.14. The van der Waals surface area contributed by atoms with Gasteiger partial charge in [0.2, 0.25) is 5.91 Å². The number of hydrogen-bond acceptors (Lipinski definition) is 3. The monoisotopic (exact) mass is 237 g/mol. The fourth-order valence-corrected chi connectivity index (χ4v) is 2.01. The molecule has 0 saturated carbocycles. The maximum Gasteiger partial charge on any atom is 0.234 e. The largest absolute Gasteiger partial charge is 0.354 e. The molecular formula is C12H16FN3O. The molecular weight excluding hydrogens is 221 g/mol. The van der Waals surface area contributed by atoms with Crippen molar-refractivity contribution in [2.75, 3.05) is 19.6 Å². The lowest BCUT2D eigenvalue weighted by molar-refractivity contribution is -0.124. The Balaban J connectivity index is 2.07. The third-order valence-electron chi connectivity index (χ3n) is 2.78. The summed E-state index contributed by atoms with van der Waals surface area (Å²) < 4.78 is 13.3. The van der Waals surface area contributed by atoms with Gasteiger partial charge in [0.25, 0.3) is 0 Å². The van der Waals surface area contributed by atoms with Gasteiger partial charge < -0.3 is 11.1 Å². The number of carbonyl (C=O) groups excluding carboxylic acids is 1. The molecule has 0 aromatic heterocycles.